The van der Waals surface area contributed by atoms with E-state index >= 15 is 0 Å². The molecule has 0 spiro atoms. The third-order valence-electron chi connectivity index (χ3n) is 2.67. The third-order valence-corrected chi connectivity index (χ3v) is 3.49. The van der Waals surface area contributed by atoms with Crippen molar-refractivity contribution in [1.29, 1.82) is 0 Å². The van der Waals surface area contributed by atoms with E-state index in [4.69, 9.17) is 5.11 Å². The number of aryl methyl sites for hydroxylation is 1. The highest BCUT2D eigenvalue weighted by atomic mass is 32.1. The van der Waals surface area contributed by atoms with Crippen molar-refractivity contribution in [3.05, 3.63) is 45.9 Å². The number of hydrogen-bond donors (Lipinski definition) is 2. The Kier molecular flexibility index (Phi) is 4.52. The summed E-state index contributed by atoms with van der Waals surface area (Å²) in [7, 11) is 0. The lowest BCUT2D eigenvalue weighted by molar-refractivity contribution is -0.120. The molecule has 1 aromatic heterocycles. The Morgan fingerprint density at radius 1 is 1.37 bits per heavy atom. The number of amides is 1. The molecule has 2 N–H and O–H groups in total. The van der Waals surface area contributed by atoms with Gasteiger partial charge in [0.25, 0.3) is 0 Å². The molecule has 1 heterocycles. The zero-order valence-corrected chi connectivity index (χ0v) is 11.5. The molecule has 0 atom stereocenters. The van der Waals surface area contributed by atoms with Crippen LogP contribution >= 0.6 is 11.3 Å². The fourth-order valence-electron chi connectivity index (χ4n) is 1.71. The van der Waals surface area contributed by atoms with Crippen molar-refractivity contribution in [2.24, 2.45) is 0 Å². The van der Waals surface area contributed by atoms with E-state index in [2.05, 4.69) is 10.3 Å². The van der Waals surface area contributed by atoms with E-state index in [0.717, 1.165) is 22.7 Å². The van der Waals surface area contributed by atoms with E-state index in [1.54, 1.807) is 35.6 Å². The van der Waals surface area contributed by atoms with Gasteiger partial charge < -0.3 is 10.4 Å². The van der Waals surface area contributed by atoms with Crippen LogP contribution in [0.25, 0.3) is 0 Å². The monoisotopic (exact) mass is 276 g/mol. The van der Waals surface area contributed by atoms with E-state index in [1.165, 1.54) is 0 Å². The molecule has 0 aliphatic carbocycles. The molecular formula is C14H16N2O2S. The second kappa shape index (κ2) is 6.33. The smallest absolute Gasteiger partial charge is 0.224 e. The predicted molar refractivity (Wildman–Crippen MR) is 75.4 cm³/mol. The number of nitrogens with one attached hydrogen (secondary N) is 1. The van der Waals surface area contributed by atoms with Crippen LogP contribution in [0.15, 0.2) is 29.6 Å². The summed E-state index contributed by atoms with van der Waals surface area (Å²) in [4.78, 5) is 16.0. The summed E-state index contributed by atoms with van der Waals surface area (Å²) < 4.78 is 0. The van der Waals surface area contributed by atoms with Gasteiger partial charge in [0.15, 0.2) is 0 Å². The highest BCUT2D eigenvalue weighted by Gasteiger charge is 2.04. The van der Waals surface area contributed by atoms with Crippen LogP contribution in [-0.2, 0) is 17.6 Å². The van der Waals surface area contributed by atoms with Gasteiger partial charge in [-0.15, -0.1) is 11.3 Å². The summed E-state index contributed by atoms with van der Waals surface area (Å²) in [6.07, 6.45) is 1.09. The first kappa shape index (κ1) is 13.5. The Hall–Kier alpha value is -1.88. The molecule has 0 fully saturated rings. The number of hydrogen-bond acceptors (Lipinski definition) is 4. The molecule has 19 heavy (non-hydrogen) atoms. The topological polar surface area (TPSA) is 62.2 Å². The first-order valence-electron chi connectivity index (χ1n) is 6.09. The molecule has 5 heteroatoms. The Morgan fingerprint density at radius 3 is 2.74 bits per heavy atom. The van der Waals surface area contributed by atoms with Gasteiger partial charge in [-0.2, -0.15) is 0 Å². The summed E-state index contributed by atoms with van der Waals surface area (Å²) in [6.45, 7) is 2.57. The van der Waals surface area contributed by atoms with Crippen LogP contribution in [0.3, 0.4) is 0 Å². The van der Waals surface area contributed by atoms with Crippen LogP contribution < -0.4 is 5.32 Å². The molecular weight excluding hydrogens is 260 g/mol. The van der Waals surface area contributed by atoms with Gasteiger partial charge in [-0.05, 0) is 24.6 Å². The van der Waals surface area contributed by atoms with Gasteiger partial charge in [0, 0.05) is 18.3 Å². The lowest BCUT2D eigenvalue weighted by atomic mass is 10.1. The van der Waals surface area contributed by atoms with Gasteiger partial charge in [-0.1, -0.05) is 12.1 Å². The lowest BCUT2D eigenvalue weighted by Gasteiger charge is -2.04. The zero-order chi connectivity index (χ0) is 13.7. The molecule has 0 saturated heterocycles. The summed E-state index contributed by atoms with van der Waals surface area (Å²) in [6, 6.07) is 6.67. The van der Waals surface area contributed by atoms with Crippen LogP contribution in [0, 0.1) is 6.92 Å². The first-order chi connectivity index (χ1) is 9.13. The Morgan fingerprint density at radius 2 is 2.11 bits per heavy atom. The predicted octanol–water partition coefficient (Wildman–Crippen LogP) is 2.06. The van der Waals surface area contributed by atoms with Crippen molar-refractivity contribution in [3.8, 4) is 5.75 Å². The molecule has 0 aliphatic rings. The second-order valence-electron chi connectivity index (χ2n) is 4.30. The summed E-state index contributed by atoms with van der Waals surface area (Å²) in [5.74, 6) is 0.195. The summed E-state index contributed by atoms with van der Waals surface area (Å²) in [5.41, 5.74) is 1.91. The molecule has 0 aliphatic heterocycles. The van der Waals surface area contributed by atoms with Gasteiger partial charge in [-0.3, -0.25) is 4.79 Å². The number of benzene rings is 1. The maximum Gasteiger partial charge on any atom is 0.224 e. The fourth-order valence-corrected chi connectivity index (χ4v) is 2.36. The number of nitrogens with zero attached hydrogens (tertiary/aromatic N) is 1. The fraction of sp³-hybridized carbons (Fsp3) is 0.286. The van der Waals surface area contributed by atoms with Crippen molar-refractivity contribution in [3.63, 3.8) is 0 Å². The van der Waals surface area contributed by atoms with Crippen molar-refractivity contribution in [2.45, 2.75) is 19.8 Å². The average molecular weight is 276 g/mol. The molecule has 100 valence electrons. The van der Waals surface area contributed by atoms with Gasteiger partial charge >= 0.3 is 0 Å². The van der Waals surface area contributed by atoms with Crippen LogP contribution in [-0.4, -0.2) is 22.5 Å². The Balaban J connectivity index is 1.74. The van der Waals surface area contributed by atoms with Crippen LogP contribution in [0.1, 0.15) is 16.3 Å². The van der Waals surface area contributed by atoms with E-state index in [0.29, 0.717) is 13.0 Å². The highest BCUT2D eigenvalue weighted by molar-refractivity contribution is 7.09. The molecule has 1 aromatic carbocycles. The van der Waals surface area contributed by atoms with E-state index in [1.807, 2.05) is 12.3 Å². The molecule has 2 rings (SSSR count). The van der Waals surface area contributed by atoms with E-state index < -0.39 is 0 Å². The average Bonchev–Trinajstić information content (AvgIpc) is 2.78. The van der Waals surface area contributed by atoms with Gasteiger partial charge in [0.2, 0.25) is 5.91 Å². The van der Waals surface area contributed by atoms with Crippen LogP contribution in [0.5, 0.6) is 5.75 Å². The molecule has 2 aromatic rings. The lowest BCUT2D eigenvalue weighted by Crippen LogP contribution is -2.27. The molecule has 0 saturated carbocycles. The standard InChI is InChI=1S/C14H16N2O2S/c1-10-16-12(9-19-10)6-7-15-14(18)8-11-2-4-13(17)5-3-11/h2-5,9,17H,6-8H2,1H3,(H,15,18). The molecule has 1 amide bonds. The van der Waals surface area contributed by atoms with Gasteiger partial charge in [0.1, 0.15) is 5.75 Å². The molecule has 0 unspecified atom stereocenters. The van der Waals surface area contributed by atoms with Crippen molar-refractivity contribution >= 4 is 17.2 Å². The summed E-state index contributed by atoms with van der Waals surface area (Å²) in [5, 5.41) is 15.1. The zero-order valence-electron chi connectivity index (χ0n) is 10.7. The molecule has 4 nitrogen and oxygen atoms in total. The number of aromatic hydroxyl groups is 1. The van der Waals surface area contributed by atoms with Crippen molar-refractivity contribution in [2.75, 3.05) is 6.54 Å². The van der Waals surface area contributed by atoms with Crippen LogP contribution in [0.2, 0.25) is 0 Å². The van der Waals surface area contributed by atoms with Gasteiger partial charge in [0.05, 0.1) is 17.1 Å². The quantitative estimate of drug-likeness (QED) is 0.878. The molecule has 0 radical (unpaired) electrons. The maximum atomic E-state index is 11.7. The van der Waals surface area contributed by atoms with Crippen molar-refractivity contribution in [1.82, 2.24) is 10.3 Å². The number of phenols is 1. The number of carbonyl (C=O) groups excluding carboxylic acids is 1. The number of thiazole rings is 1. The Labute approximate surface area is 116 Å². The number of phenolic OH excluding ortho intramolecular Hbond substituents is 1. The number of rotatable bonds is 5. The van der Waals surface area contributed by atoms with Crippen molar-refractivity contribution < 1.29 is 9.90 Å². The van der Waals surface area contributed by atoms with Gasteiger partial charge in [-0.25, -0.2) is 4.98 Å². The second-order valence-corrected chi connectivity index (χ2v) is 5.36. The third kappa shape index (κ3) is 4.37. The minimum atomic E-state index is -0.0161. The largest absolute Gasteiger partial charge is 0.508 e. The van der Waals surface area contributed by atoms with E-state index in [-0.39, 0.29) is 11.7 Å². The minimum Gasteiger partial charge on any atom is -0.508 e. The SMILES string of the molecule is Cc1nc(CCNC(=O)Cc2ccc(O)cc2)cs1. The molecule has 0 bridgehead atoms. The highest BCUT2D eigenvalue weighted by Crippen LogP contribution is 2.10. The minimum absolute atomic E-state index is 0.0161. The Bertz CT molecular complexity index is 549. The van der Waals surface area contributed by atoms with Crippen LogP contribution in [0.4, 0.5) is 0 Å². The normalized spacial score (nSPS) is 10.4. The maximum absolute atomic E-state index is 11.7. The number of carbonyl (C=O) groups is 1. The van der Waals surface area contributed by atoms with E-state index in [9.17, 15) is 4.79 Å². The first-order valence-corrected chi connectivity index (χ1v) is 6.97. The summed E-state index contributed by atoms with van der Waals surface area (Å²) >= 11 is 1.62. The number of aromatic nitrogens is 1.